The van der Waals surface area contributed by atoms with Crippen LogP contribution in [-0.2, 0) is 0 Å². The Morgan fingerprint density at radius 1 is 1.10 bits per heavy atom. The van der Waals surface area contributed by atoms with Gasteiger partial charge in [-0.3, -0.25) is 0 Å². The third-order valence-electron chi connectivity index (χ3n) is 3.45. The summed E-state index contributed by atoms with van der Waals surface area (Å²) in [6.07, 6.45) is 0. The Balaban J connectivity index is 2.32. The van der Waals surface area contributed by atoms with Crippen LogP contribution in [0.3, 0.4) is 0 Å². The fourth-order valence-corrected chi connectivity index (χ4v) is 2.39. The first-order chi connectivity index (χ1) is 9.99. The van der Waals surface area contributed by atoms with Gasteiger partial charge in [0.1, 0.15) is 5.58 Å². The summed E-state index contributed by atoms with van der Waals surface area (Å²) in [4.78, 5) is 23.2. The summed E-state index contributed by atoms with van der Waals surface area (Å²) in [5.74, 6) is -0.664. The van der Waals surface area contributed by atoms with Crippen LogP contribution in [0.15, 0.2) is 44.0 Å². The van der Waals surface area contributed by atoms with E-state index in [1.54, 1.807) is 19.1 Å². The summed E-state index contributed by atoms with van der Waals surface area (Å²) in [5.41, 5.74) is 0.390. The van der Waals surface area contributed by atoms with Gasteiger partial charge in [0.05, 0.1) is 5.56 Å². The molecule has 0 amide bonds. The minimum Gasteiger partial charge on any atom is -0.478 e. The van der Waals surface area contributed by atoms with Crippen LogP contribution in [0.2, 0.25) is 0 Å². The third kappa shape index (κ3) is 2.03. The van der Waals surface area contributed by atoms with Gasteiger partial charge in [0.2, 0.25) is 0 Å². The minimum absolute atomic E-state index is 0.0401. The van der Waals surface area contributed by atoms with E-state index in [0.717, 1.165) is 5.39 Å². The maximum atomic E-state index is 11.8. The van der Waals surface area contributed by atoms with Crippen molar-refractivity contribution in [2.24, 2.45) is 0 Å². The van der Waals surface area contributed by atoms with Gasteiger partial charge in [0.15, 0.2) is 11.5 Å². The number of carbonyl (C=O) groups is 1. The van der Waals surface area contributed by atoms with Crippen molar-refractivity contribution in [3.8, 4) is 11.5 Å². The van der Waals surface area contributed by atoms with Crippen LogP contribution in [0.25, 0.3) is 22.5 Å². The summed E-state index contributed by atoms with van der Waals surface area (Å²) in [6.45, 7) is 3.03. The number of fused-ring (bicyclic) bond motifs is 1. The highest BCUT2D eigenvalue weighted by atomic mass is 16.4. The number of rotatable bonds is 2. The smallest absolute Gasteiger partial charge is 0.340 e. The Morgan fingerprint density at radius 3 is 2.48 bits per heavy atom. The van der Waals surface area contributed by atoms with Crippen molar-refractivity contribution in [3.05, 3.63) is 57.4 Å². The summed E-state index contributed by atoms with van der Waals surface area (Å²) in [6, 6.07) is 9.07. The van der Waals surface area contributed by atoms with Crippen molar-refractivity contribution in [2.45, 2.75) is 13.8 Å². The van der Waals surface area contributed by atoms with Crippen molar-refractivity contribution in [1.82, 2.24) is 0 Å². The highest BCUT2D eigenvalue weighted by molar-refractivity contribution is 5.93. The van der Waals surface area contributed by atoms with Crippen molar-refractivity contribution < 1.29 is 18.7 Å². The first-order valence-corrected chi connectivity index (χ1v) is 6.35. The van der Waals surface area contributed by atoms with Gasteiger partial charge in [-0.2, -0.15) is 0 Å². The average molecular weight is 284 g/mol. The predicted octanol–water partition coefficient (Wildman–Crippen LogP) is 3.37. The normalized spacial score (nSPS) is 11.0. The highest BCUT2D eigenvalue weighted by Gasteiger charge is 2.22. The summed E-state index contributed by atoms with van der Waals surface area (Å²) < 4.78 is 10.9. The van der Waals surface area contributed by atoms with Gasteiger partial charge in [-0.25, -0.2) is 9.59 Å². The monoisotopic (exact) mass is 284 g/mol. The van der Waals surface area contributed by atoms with E-state index in [2.05, 4.69) is 0 Å². The molecule has 5 nitrogen and oxygen atoms in total. The van der Waals surface area contributed by atoms with Crippen LogP contribution >= 0.6 is 0 Å². The molecule has 106 valence electrons. The largest absolute Gasteiger partial charge is 0.478 e. The van der Waals surface area contributed by atoms with Crippen molar-refractivity contribution in [1.29, 1.82) is 0 Å². The van der Waals surface area contributed by atoms with Crippen LogP contribution in [0.1, 0.15) is 21.5 Å². The van der Waals surface area contributed by atoms with E-state index < -0.39 is 11.6 Å². The lowest BCUT2D eigenvalue weighted by molar-refractivity contribution is 0.0694. The zero-order valence-electron chi connectivity index (χ0n) is 11.5. The Bertz CT molecular complexity index is 881. The van der Waals surface area contributed by atoms with Crippen molar-refractivity contribution >= 4 is 16.9 Å². The molecule has 2 aromatic heterocycles. The molecule has 0 spiro atoms. The molecule has 0 radical (unpaired) electrons. The van der Waals surface area contributed by atoms with Gasteiger partial charge in [-0.15, -0.1) is 0 Å². The Hall–Kier alpha value is -2.82. The number of hydrogen-bond acceptors (Lipinski definition) is 4. The lowest BCUT2D eigenvalue weighted by Crippen LogP contribution is -2.14. The number of carboxylic acid groups (broad SMARTS) is 1. The molecule has 0 atom stereocenters. The number of benzene rings is 1. The lowest BCUT2D eigenvalue weighted by Gasteiger charge is -2.07. The van der Waals surface area contributed by atoms with Gasteiger partial charge < -0.3 is 13.9 Å². The van der Waals surface area contributed by atoms with Gasteiger partial charge in [0, 0.05) is 16.5 Å². The number of carboxylic acids is 1. The summed E-state index contributed by atoms with van der Waals surface area (Å²) >= 11 is 0. The Labute approximate surface area is 119 Å². The molecule has 0 aliphatic rings. The molecule has 5 heteroatoms. The molecule has 0 unspecified atom stereocenters. The molecule has 1 aromatic carbocycles. The molecule has 3 rings (SSSR count). The topological polar surface area (TPSA) is 80.7 Å². The number of aromatic carboxylic acids is 1. The van der Waals surface area contributed by atoms with Crippen LogP contribution in [-0.4, -0.2) is 11.1 Å². The van der Waals surface area contributed by atoms with Crippen LogP contribution in [0.4, 0.5) is 0 Å². The van der Waals surface area contributed by atoms with Crippen LogP contribution in [0.5, 0.6) is 0 Å². The van der Waals surface area contributed by atoms with Gasteiger partial charge in [-0.1, -0.05) is 18.2 Å². The van der Waals surface area contributed by atoms with Crippen LogP contribution in [0, 0.1) is 13.8 Å². The highest BCUT2D eigenvalue weighted by Crippen LogP contribution is 2.31. The molecule has 2 heterocycles. The summed E-state index contributed by atoms with van der Waals surface area (Å²) in [5, 5.41) is 10.1. The van der Waals surface area contributed by atoms with Crippen molar-refractivity contribution in [2.75, 3.05) is 0 Å². The molecule has 21 heavy (non-hydrogen) atoms. The van der Waals surface area contributed by atoms with Gasteiger partial charge >= 0.3 is 11.6 Å². The maximum absolute atomic E-state index is 11.8. The van der Waals surface area contributed by atoms with E-state index in [9.17, 15) is 14.7 Å². The molecule has 0 saturated heterocycles. The zero-order chi connectivity index (χ0) is 15.1. The van der Waals surface area contributed by atoms with Crippen LogP contribution < -0.4 is 5.63 Å². The fraction of sp³-hybridized carbons (Fsp3) is 0.125. The van der Waals surface area contributed by atoms with Gasteiger partial charge in [-0.05, 0) is 26.0 Å². The molecule has 1 N–H and O–H groups in total. The standard InChI is InChI=1S/C16H12O5/c1-8-13(15(17)18)9(2)16(19)21-14(8)12-7-10-5-3-4-6-11(10)20-12/h3-7H,1-2H3,(H,17,18). The molecule has 0 aliphatic carbocycles. The SMILES string of the molecule is Cc1c(-c2cc3ccccc3o2)oc(=O)c(C)c1C(=O)O. The first kappa shape index (κ1) is 13.2. The van der Waals surface area contributed by atoms with E-state index in [0.29, 0.717) is 16.9 Å². The zero-order valence-corrected chi connectivity index (χ0v) is 11.5. The molecule has 0 fully saturated rings. The quantitative estimate of drug-likeness (QED) is 0.780. The van der Waals surface area contributed by atoms with Crippen molar-refractivity contribution in [3.63, 3.8) is 0 Å². The molecule has 0 aliphatic heterocycles. The second-order valence-corrected chi connectivity index (χ2v) is 4.80. The lowest BCUT2D eigenvalue weighted by atomic mass is 10.0. The molecule has 0 saturated carbocycles. The number of hydrogen-bond donors (Lipinski definition) is 1. The van der Waals surface area contributed by atoms with E-state index >= 15 is 0 Å². The maximum Gasteiger partial charge on any atom is 0.340 e. The minimum atomic E-state index is -1.16. The van der Waals surface area contributed by atoms with E-state index in [-0.39, 0.29) is 16.9 Å². The van der Waals surface area contributed by atoms with E-state index in [1.165, 1.54) is 6.92 Å². The fourth-order valence-electron chi connectivity index (χ4n) is 2.39. The second-order valence-electron chi connectivity index (χ2n) is 4.80. The first-order valence-electron chi connectivity index (χ1n) is 6.35. The third-order valence-corrected chi connectivity index (χ3v) is 3.45. The molecular weight excluding hydrogens is 272 g/mol. The predicted molar refractivity (Wildman–Crippen MR) is 76.6 cm³/mol. The molecule has 0 bridgehead atoms. The summed E-state index contributed by atoms with van der Waals surface area (Å²) in [7, 11) is 0. The van der Waals surface area contributed by atoms with E-state index in [4.69, 9.17) is 8.83 Å². The number of furan rings is 1. The van der Waals surface area contributed by atoms with Gasteiger partial charge in [0.25, 0.3) is 0 Å². The van der Waals surface area contributed by atoms with E-state index in [1.807, 2.05) is 18.2 Å². The number of para-hydroxylation sites is 1. The molecular formula is C16H12O5. The average Bonchev–Trinajstić information content (AvgIpc) is 2.86. The molecule has 3 aromatic rings. The Kier molecular flexibility index (Phi) is 2.90. The Morgan fingerprint density at radius 2 is 1.81 bits per heavy atom. The second kappa shape index (κ2) is 4.63.